The highest BCUT2D eigenvalue weighted by Gasteiger charge is 2.15. The van der Waals surface area contributed by atoms with Crippen molar-refractivity contribution in [1.82, 2.24) is 4.98 Å². The highest BCUT2D eigenvalue weighted by atomic mass is 16.5. The van der Waals surface area contributed by atoms with E-state index in [0.717, 1.165) is 22.0 Å². The molecule has 0 atom stereocenters. The Balaban J connectivity index is 2.93. The molecule has 0 saturated heterocycles. The summed E-state index contributed by atoms with van der Waals surface area (Å²) in [5.74, 6) is 1.45. The summed E-state index contributed by atoms with van der Waals surface area (Å²) >= 11 is 0. The summed E-state index contributed by atoms with van der Waals surface area (Å²) in [5.41, 5.74) is 1.58. The van der Waals surface area contributed by atoms with Gasteiger partial charge in [0.25, 0.3) is 5.56 Å². The largest absolute Gasteiger partial charge is 0.493 e. The van der Waals surface area contributed by atoms with Crippen LogP contribution < -0.4 is 15.0 Å². The van der Waals surface area contributed by atoms with E-state index in [0.29, 0.717) is 11.5 Å². The van der Waals surface area contributed by atoms with Gasteiger partial charge in [-0.25, -0.2) is 0 Å². The molecule has 0 aliphatic heterocycles. The summed E-state index contributed by atoms with van der Waals surface area (Å²) in [7, 11) is 3.20. The zero-order chi connectivity index (χ0) is 14.2. The van der Waals surface area contributed by atoms with Crippen molar-refractivity contribution >= 4 is 10.8 Å². The van der Waals surface area contributed by atoms with Crippen LogP contribution in [0.1, 0.15) is 31.0 Å². The van der Waals surface area contributed by atoms with E-state index in [1.54, 1.807) is 14.2 Å². The van der Waals surface area contributed by atoms with Gasteiger partial charge in [-0.3, -0.25) is 4.79 Å². The molecule has 102 valence electrons. The lowest BCUT2D eigenvalue weighted by atomic mass is 9.96. The monoisotopic (exact) mass is 261 g/mol. The first-order valence-electron chi connectivity index (χ1n) is 6.28. The van der Waals surface area contributed by atoms with Gasteiger partial charge >= 0.3 is 0 Å². The van der Waals surface area contributed by atoms with Crippen LogP contribution in [0.25, 0.3) is 10.8 Å². The first-order chi connectivity index (χ1) is 8.99. The van der Waals surface area contributed by atoms with E-state index >= 15 is 0 Å². The Kier molecular flexibility index (Phi) is 3.51. The number of fused-ring (bicyclic) bond motifs is 1. The minimum Gasteiger partial charge on any atom is -0.493 e. The molecule has 0 unspecified atom stereocenters. The Labute approximate surface area is 112 Å². The first-order valence-corrected chi connectivity index (χ1v) is 6.28. The maximum atomic E-state index is 12.1. The number of aromatic amines is 1. The van der Waals surface area contributed by atoms with Crippen molar-refractivity contribution in [2.24, 2.45) is 0 Å². The number of rotatable bonds is 3. The molecule has 4 heteroatoms. The molecule has 1 N–H and O–H groups in total. The molecule has 1 aromatic carbocycles. The Morgan fingerprint density at radius 1 is 1.05 bits per heavy atom. The summed E-state index contributed by atoms with van der Waals surface area (Å²) in [6, 6.07) is 3.79. The Morgan fingerprint density at radius 3 is 2.05 bits per heavy atom. The van der Waals surface area contributed by atoms with Crippen LogP contribution in [0.2, 0.25) is 0 Å². The zero-order valence-corrected chi connectivity index (χ0v) is 12.0. The van der Waals surface area contributed by atoms with Crippen LogP contribution in [0.5, 0.6) is 11.5 Å². The SMILES string of the molecule is COc1cc2c(C)[nH]c(=O)c(C(C)C)c2cc1OC. The predicted octanol–water partition coefficient (Wildman–Crippen LogP) is 2.98. The maximum Gasteiger partial charge on any atom is 0.252 e. The van der Waals surface area contributed by atoms with E-state index < -0.39 is 0 Å². The smallest absolute Gasteiger partial charge is 0.252 e. The van der Waals surface area contributed by atoms with E-state index in [9.17, 15) is 4.79 Å². The van der Waals surface area contributed by atoms with Gasteiger partial charge < -0.3 is 14.5 Å². The number of ether oxygens (including phenoxy) is 2. The summed E-state index contributed by atoms with van der Waals surface area (Å²) < 4.78 is 10.6. The average molecular weight is 261 g/mol. The lowest BCUT2D eigenvalue weighted by molar-refractivity contribution is 0.356. The molecular weight excluding hydrogens is 242 g/mol. The minimum absolute atomic E-state index is 0.0350. The molecule has 0 saturated carbocycles. The number of aromatic nitrogens is 1. The third-order valence-electron chi connectivity index (χ3n) is 3.34. The number of pyridine rings is 1. The van der Waals surface area contributed by atoms with Crippen molar-refractivity contribution in [2.75, 3.05) is 14.2 Å². The van der Waals surface area contributed by atoms with Gasteiger partial charge in [-0.15, -0.1) is 0 Å². The molecule has 2 aromatic rings. The number of hydrogen-bond acceptors (Lipinski definition) is 3. The lowest BCUT2D eigenvalue weighted by Crippen LogP contribution is -2.16. The normalized spacial score (nSPS) is 11.1. The molecule has 0 fully saturated rings. The molecule has 0 amide bonds. The molecule has 0 aliphatic carbocycles. The van der Waals surface area contributed by atoms with Crippen LogP contribution in [-0.4, -0.2) is 19.2 Å². The highest BCUT2D eigenvalue weighted by molar-refractivity contribution is 5.90. The molecule has 0 radical (unpaired) electrons. The maximum absolute atomic E-state index is 12.1. The third-order valence-corrected chi connectivity index (χ3v) is 3.34. The molecule has 1 aromatic heterocycles. The fourth-order valence-corrected chi connectivity index (χ4v) is 2.41. The van der Waals surface area contributed by atoms with Crippen molar-refractivity contribution in [3.63, 3.8) is 0 Å². The quantitative estimate of drug-likeness (QED) is 0.924. The van der Waals surface area contributed by atoms with E-state index in [2.05, 4.69) is 4.98 Å². The van der Waals surface area contributed by atoms with E-state index in [1.165, 1.54) is 0 Å². The van der Waals surface area contributed by atoms with Crippen molar-refractivity contribution in [2.45, 2.75) is 26.7 Å². The summed E-state index contributed by atoms with van der Waals surface area (Å²) in [6.45, 7) is 5.91. The van der Waals surface area contributed by atoms with Crippen LogP contribution >= 0.6 is 0 Å². The number of H-pyrrole nitrogens is 1. The Morgan fingerprint density at radius 2 is 1.58 bits per heavy atom. The Bertz CT molecular complexity index is 671. The number of nitrogens with one attached hydrogen (secondary N) is 1. The summed E-state index contributed by atoms with van der Waals surface area (Å²) in [4.78, 5) is 15.0. The second-order valence-corrected chi connectivity index (χ2v) is 4.90. The van der Waals surface area contributed by atoms with Crippen LogP contribution in [0.4, 0.5) is 0 Å². The van der Waals surface area contributed by atoms with Gasteiger partial charge in [0.2, 0.25) is 0 Å². The average Bonchev–Trinajstić information content (AvgIpc) is 2.36. The molecule has 0 aliphatic rings. The molecule has 4 nitrogen and oxygen atoms in total. The number of hydrogen-bond donors (Lipinski definition) is 1. The molecule has 0 bridgehead atoms. The van der Waals surface area contributed by atoms with Crippen LogP contribution in [0.3, 0.4) is 0 Å². The van der Waals surface area contributed by atoms with Crippen LogP contribution in [0.15, 0.2) is 16.9 Å². The van der Waals surface area contributed by atoms with Crippen molar-refractivity contribution in [1.29, 1.82) is 0 Å². The van der Waals surface area contributed by atoms with Crippen molar-refractivity contribution < 1.29 is 9.47 Å². The van der Waals surface area contributed by atoms with E-state index in [4.69, 9.17) is 9.47 Å². The van der Waals surface area contributed by atoms with Crippen molar-refractivity contribution in [3.8, 4) is 11.5 Å². The van der Waals surface area contributed by atoms with Gasteiger partial charge in [-0.05, 0) is 30.4 Å². The summed E-state index contributed by atoms with van der Waals surface area (Å²) in [5, 5.41) is 1.91. The fraction of sp³-hybridized carbons (Fsp3) is 0.400. The molecule has 0 spiro atoms. The topological polar surface area (TPSA) is 51.3 Å². The van der Waals surface area contributed by atoms with E-state index in [-0.39, 0.29) is 11.5 Å². The van der Waals surface area contributed by atoms with Gasteiger partial charge in [-0.1, -0.05) is 13.8 Å². The molecule has 1 heterocycles. The van der Waals surface area contributed by atoms with Gasteiger partial charge in [0.05, 0.1) is 14.2 Å². The lowest BCUT2D eigenvalue weighted by Gasteiger charge is -2.14. The zero-order valence-electron chi connectivity index (χ0n) is 12.0. The minimum atomic E-state index is -0.0350. The summed E-state index contributed by atoms with van der Waals surface area (Å²) in [6.07, 6.45) is 0. The highest BCUT2D eigenvalue weighted by Crippen LogP contribution is 2.35. The molecule has 2 rings (SSSR count). The third kappa shape index (κ3) is 2.18. The van der Waals surface area contributed by atoms with Crippen LogP contribution in [0, 0.1) is 6.92 Å². The second-order valence-electron chi connectivity index (χ2n) is 4.90. The van der Waals surface area contributed by atoms with Gasteiger partial charge in [-0.2, -0.15) is 0 Å². The molecule has 19 heavy (non-hydrogen) atoms. The van der Waals surface area contributed by atoms with Crippen LogP contribution in [-0.2, 0) is 0 Å². The standard InChI is InChI=1S/C15H19NO3/c1-8(2)14-11-7-13(19-5)12(18-4)6-10(11)9(3)16-15(14)17/h6-8H,1-5H3,(H,16,17). The van der Waals surface area contributed by atoms with Crippen molar-refractivity contribution in [3.05, 3.63) is 33.7 Å². The second kappa shape index (κ2) is 4.96. The number of aryl methyl sites for hydroxylation is 1. The Hall–Kier alpha value is -1.97. The van der Waals surface area contributed by atoms with Gasteiger partial charge in [0.1, 0.15) is 0 Å². The van der Waals surface area contributed by atoms with Gasteiger partial charge in [0, 0.05) is 16.6 Å². The first kappa shape index (κ1) is 13.5. The predicted molar refractivity (Wildman–Crippen MR) is 76.5 cm³/mol. The van der Waals surface area contributed by atoms with E-state index in [1.807, 2.05) is 32.9 Å². The molecular formula is C15H19NO3. The van der Waals surface area contributed by atoms with Gasteiger partial charge in [0.15, 0.2) is 11.5 Å². The number of benzene rings is 1. The fourth-order valence-electron chi connectivity index (χ4n) is 2.41. The number of methoxy groups -OCH3 is 2.